The van der Waals surface area contributed by atoms with Crippen LogP contribution in [-0.2, 0) is 0 Å². The summed E-state index contributed by atoms with van der Waals surface area (Å²) in [6.07, 6.45) is 0. The lowest BCUT2D eigenvalue weighted by molar-refractivity contribution is 0.415. The number of fused-ring (bicyclic) bond motifs is 1. The van der Waals surface area contributed by atoms with E-state index in [4.69, 9.17) is 9.47 Å². The Morgan fingerprint density at radius 2 is 1.26 bits per heavy atom. The fourth-order valence-corrected chi connectivity index (χ4v) is 3.67. The summed E-state index contributed by atoms with van der Waals surface area (Å²) in [5.41, 5.74) is 6.10. The van der Waals surface area contributed by atoms with Crippen molar-refractivity contribution in [3.05, 3.63) is 84.4 Å². The lowest BCUT2D eigenvalue weighted by Gasteiger charge is -2.16. The van der Waals surface area contributed by atoms with Gasteiger partial charge < -0.3 is 9.47 Å². The molecule has 0 aliphatic carbocycles. The van der Waals surface area contributed by atoms with Gasteiger partial charge >= 0.3 is 0 Å². The SMILES string of the molecule is COc1ccc(-c2cc(C)c(-c3ccccc3)c3cc(OC)ccc23)cc1. The molecule has 0 aromatic heterocycles. The van der Waals surface area contributed by atoms with Crippen molar-refractivity contribution in [2.24, 2.45) is 0 Å². The highest BCUT2D eigenvalue weighted by atomic mass is 16.5. The van der Waals surface area contributed by atoms with Crippen molar-refractivity contribution in [3.63, 3.8) is 0 Å². The van der Waals surface area contributed by atoms with Crippen LogP contribution in [0.3, 0.4) is 0 Å². The van der Waals surface area contributed by atoms with Crippen LogP contribution in [0.15, 0.2) is 78.9 Å². The molecule has 2 nitrogen and oxygen atoms in total. The first-order chi connectivity index (χ1) is 13.2. The third-order valence-electron chi connectivity index (χ3n) is 5.00. The molecule has 0 N–H and O–H groups in total. The van der Waals surface area contributed by atoms with Crippen molar-refractivity contribution in [3.8, 4) is 33.8 Å². The molecule has 0 amide bonds. The van der Waals surface area contributed by atoms with E-state index in [-0.39, 0.29) is 0 Å². The summed E-state index contributed by atoms with van der Waals surface area (Å²) in [7, 11) is 3.40. The second-order valence-corrected chi connectivity index (χ2v) is 6.62. The van der Waals surface area contributed by atoms with Gasteiger partial charge in [-0.2, -0.15) is 0 Å². The van der Waals surface area contributed by atoms with Gasteiger partial charge in [-0.3, -0.25) is 0 Å². The lowest BCUT2D eigenvalue weighted by atomic mass is 9.88. The standard InChI is InChI=1S/C25H22O2/c1-17-15-23(18-9-11-20(26-2)12-10-18)22-14-13-21(27-3)16-24(22)25(17)19-7-5-4-6-8-19/h4-16H,1-3H3. The first-order valence-corrected chi connectivity index (χ1v) is 9.02. The fraction of sp³-hybridized carbons (Fsp3) is 0.120. The van der Waals surface area contributed by atoms with Crippen LogP contribution in [0.4, 0.5) is 0 Å². The summed E-state index contributed by atoms with van der Waals surface area (Å²) in [5, 5.41) is 2.41. The van der Waals surface area contributed by atoms with Gasteiger partial charge in [-0.05, 0) is 69.8 Å². The number of hydrogen-bond donors (Lipinski definition) is 0. The number of benzene rings is 4. The van der Waals surface area contributed by atoms with Crippen LogP contribution in [0, 0.1) is 6.92 Å². The first kappa shape index (κ1) is 17.2. The average Bonchev–Trinajstić information content (AvgIpc) is 2.73. The Bertz CT molecular complexity index is 1080. The molecule has 0 saturated carbocycles. The molecule has 0 unspecified atom stereocenters. The van der Waals surface area contributed by atoms with Crippen LogP contribution < -0.4 is 9.47 Å². The third kappa shape index (κ3) is 3.15. The van der Waals surface area contributed by atoms with Gasteiger partial charge in [0.05, 0.1) is 14.2 Å². The molecule has 0 saturated heterocycles. The van der Waals surface area contributed by atoms with E-state index in [2.05, 4.69) is 61.5 Å². The van der Waals surface area contributed by atoms with Crippen molar-refractivity contribution in [2.45, 2.75) is 6.92 Å². The number of methoxy groups -OCH3 is 2. The van der Waals surface area contributed by atoms with Crippen molar-refractivity contribution in [1.29, 1.82) is 0 Å². The molecule has 0 heterocycles. The van der Waals surface area contributed by atoms with Gasteiger partial charge in [0.2, 0.25) is 0 Å². The van der Waals surface area contributed by atoms with Crippen LogP contribution in [0.2, 0.25) is 0 Å². The largest absolute Gasteiger partial charge is 0.497 e. The topological polar surface area (TPSA) is 18.5 Å². The van der Waals surface area contributed by atoms with E-state index < -0.39 is 0 Å². The summed E-state index contributed by atoms with van der Waals surface area (Å²) >= 11 is 0. The van der Waals surface area contributed by atoms with Crippen molar-refractivity contribution in [2.75, 3.05) is 14.2 Å². The van der Waals surface area contributed by atoms with Crippen molar-refractivity contribution < 1.29 is 9.47 Å². The molecule has 27 heavy (non-hydrogen) atoms. The van der Waals surface area contributed by atoms with E-state index in [1.54, 1.807) is 14.2 Å². The van der Waals surface area contributed by atoms with E-state index in [0.29, 0.717) is 0 Å². The molecule has 0 bridgehead atoms. The number of hydrogen-bond acceptors (Lipinski definition) is 2. The van der Waals surface area contributed by atoms with Gasteiger partial charge in [0.1, 0.15) is 11.5 Å². The highest BCUT2D eigenvalue weighted by molar-refractivity contribution is 6.06. The van der Waals surface area contributed by atoms with E-state index in [1.165, 1.54) is 38.6 Å². The van der Waals surface area contributed by atoms with E-state index in [0.717, 1.165) is 11.5 Å². The number of rotatable bonds is 4. The van der Waals surface area contributed by atoms with E-state index >= 15 is 0 Å². The Balaban J connectivity index is 2.02. The minimum atomic E-state index is 0.863. The van der Waals surface area contributed by atoms with Crippen LogP contribution >= 0.6 is 0 Å². The van der Waals surface area contributed by atoms with Gasteiger partial charge in [-0.1, -0.05) is 54.6 Å². The first-order valence-electron chi connectivity index (χ1n) is 9.02. The maximum atomic E-state index is 5.51. The minimum Gasteiger partial charge on any atom is -0.497 e. The summed E-state index contributed by atoms with van der Waals surface area (Å²) in [5.74, 6) is 1.73. The smallest absolute Gasteiger partial charge is 0.119 e. The predicted octanol–water partition coefficient (Wildman–Crippen LogP) is 6.50. The van der Waals surface area contributed by atoms with Gasteiger partial charge in [0.15, 0.2) is 0 Å². The maximum Gasteiger partial charge on any atom is 0.119 e. The van der Waals surface area contributed by atoms with Gasteiger partial charge in [-0.15, -0.1) is 0 Å². The number of ether oxygens (including phenoxy) is 2. The van der Waals surface area contributed by atoms with Gasteiger partial charge in [0, 0.05) is 0 Å². The fourth-order valence-electron chi connectivity index (χ4n) is 3.67. The zero-order valence-electron chi connectivity index (χ0n) is 15.8. The van der Waals surface area contributed by atoms with E-state index in [9.17, 15) is 0 Å². The normalized spacial score (nSPS) is 10.8. The predicted molar refractivity (Wildman–Crippen MR) is 113 cm³/mol. The molecule has 0 atom stereocenters. The molecule has 2 heteroatoms. The maximum absolute atomic E-state index is 5.51. The molecule has 134 valence electrons. The molecular formula is C25H22O2. The Morgan fingerprint density at radius 3 is 1.93 bits per heavy atom. The molecule has 4 aromatic rings. The van der Waals surface area contributed by atoms with Crippen LogP contribution in [0.25, 0.3) is 33.0 Å². The highest BCUT2D eigenvalue weighted by Gasteiger charge is 2.14. The molecule has 4 aromatic carbocycles. The molecule has 0 aliphatic rings. The van der Waals surface area contributed by atoms with Crippen LogP contribution in [0.1, 0.15) is 5.56 Å². The van der Waals surface area contributed by atoms with Gasteiger partial charge in [-0.25, -0.2) is 0 Å². The number of aryl methyl sites for hydroxylation is 1. The molecule has 0 fully saturated rings. The minimum absolute atomic E-state index is 0.863. The Labute approximate surface area is 160 Å². The van der Waals surface area contributed by atoms with Gasteiger partial charge in [0.25, 0.3) is 0 Å². The highest BCUT2D eigenvalue weighted by Crippen LogP contribution is 2.40. The van der Waals surface area contributed by atoms with Crippen LogP contribution in [-0.4, -0.2) is 14.2 Å². The Kier molecular flexibility index (Phi) is 4.55. The average molecular weight is 354 g/mol. The lowest BCUT2D eigenvalue weighted by Crippen LogP contribution is -1.92. The molecule has 0 aliphatic heterocycles. The Morgan fingerprint density at radius 1 is 0.593 bits per heavy atom. The summed E-state index contributed by atoms with van der Waals surface area (Å²) in [4.78, 5) is 0. The third-order valence-corrected chi connectivity index (χ3v) is 5.00. The molecular weight excluding hydrogens is 332 g/mol. The quantitative estimate of drug-likeness (QED) is 0.416. The molecule has 4 rings (SSSR count). The summed E-state index contributed by atoms with van der Waals surface area (Å²) < 4.78 is 10.8. The molecule has 0 radical (unpaired) electrons. The zero-order valence-corrected chi connectivity index (χ0v) is 15.8. The van der Waals surface area contributed by atoms with Crippen LogP contribution in [0.5, 0.6) is 11.5 Å². The van der Waals surface area contributed by atoms with Crippen molar-refractivity contribution >= 4 is 10.8 Å². The van der Waals surface area contributed by atoms with E-state index in [1.807, 2.05) is 24.3 Å². The second kappa shape index (κ2) is 7.16. The summed E-state index contributed by atoms with van der Waals surface area (Å²) in [6.45, 7) is 2.17. The molecule has 0 spiro atoms. The Hall–Kier alpha value is -3.26. The second-order valence-electron chi connectivity index (χ2n) is 6.62. The monoisotopic (exact) mass is 354 g/mol. The zero-order chi connectivity index (χ0) is 18.8. The van der Waals surface area contributed by atoms with Crippen molar-refractivity contribution in [1.82, 2.24) is 0 Å². The summed E-state index contributed by atoms with van der Waals surface area (Å²) in [6, 6.07) is 27.4.